The third-order valence-electron chi connectivity index (χ3n) is 4.21. The van der Waals surface area contributed by atoms with Crippen LogP contribution in [-0.2, 0) is 13.2 Å². The van der Waals surface area contributed by atoms with Gasteiger partial charge in [0.2, 0.25) is 0 Å². The molecule has 128 valence electrons. The Morgan fingerprint density at radius 1 is 1.29 bits per heavy atom. The molecule has 3 rings (SSSR count). The van der Waals surface area contributed by atoms with Gasteiger partial charge in [0, 0.05) is 19.8 Å². The molecule has 0 unspecified atom stereocenters. The molecular formula is C16H16F3N3O2. The van der Waals surface area contributed by atoms with Crippen LogP contribution in [0.4, 0.5) is 13.2 Å². The van der Waals surface area contributed by atoms with Gasteiger partial charge in [-0.2, -0.15) is 18.3 Å². The predicted octanol–water partition coefficient (Wildman–Crippen LogP) is 2.39. The number of likely N-dealkylation sites (tertiary alicyclic amines) is 1. The van der Waals surface area contributed by atoms with Crippen LogP contribution in [0.15, 0.2) is 36.5 Å². The number of amides is 1. The van der Waals surface area contributed by atoms with Gasteiger partial charge >= 0.3 is 6.18 Å². The van der Waals surface area contributed by atoms with Crippen LogP contribution in [-0.4, -0.2) is 38.3 Å². The molecule has 1 aromatic heterocycles. The van der Waals surface area contributed by atoms with Crippen molar-refractivity contribution in [3.8, 4) is 0 Å². The van der Waals surface area contributed by atoms with Gasteiger partial charge < -0.3 is 10.0 Å². The van der Waals surface area contributed by atoms with E-state index >= 15 is 0 Å². The molecule has 0 aliphatic carbocycles. The molecule has 1 saturated heterocycles. The number of β-amino-alcohol motifs (C(OH)–C–C–N with tert-alkyl or cyclic N) is 1. The molecule has 2 atom stereocenters. The average Bonchev–Trinajstić information content (AvgIpc) is 3.11. The summed E-state index contributed by atoms with van der Waals surface area (Å²) in [6, 6.07) is 5.83. The molecule has 0 bridgehead atoms. The van der Waals surface area contributed by atoms with Crippen molar-refractivity contribution in [3.05, 3.63) is 53.3 Å². The lowest BCUT2D eigenvalue weighted by Gasteiger charge is -2.27. The lowest BCUT2D eigenvalue weighted by atomic mass is 9.97. The van der Waals surface area contributed by atoms with Crippen LogP contribution in [0.25, 0.3) is 0 Å². The number of hydrogen-bond acceptors (Lipinski definition) is 3. The Kier molecular flexibility index (Phi) is 4.08. The van der Waals surface area contributed by atoms with E-state index in [4.69, 9.17) is 0 Å². The first-order chi connectivity index (χ1) is 11.3. The lowest BCUT2D eigenvalue weighted by molar-refractivity contribution is -0.138. The van der Waals surface area contributed by atoms with E-state index in [9.17, 15) is 23.1 Å². The van der Waals surface area contributed by atoms with E-state index in [2.05, 4.69) is 5.10 Å². The number of aryl methyl sites for hydroxylation is 1. The number of carbonyl (C=O) groups excluding carboxylic acids is 1. The number of alkyl halides is 3. The highest BCUT2D eigenvalue weighted by atomic mass is 19.4. The summed E-state index contributed by atoms with van der Waals surface area (Å²) in [6.45, 7) is -0.0130. The highest BCUT2D eigenvalue weighted by molar-refractivity contribution is 5.93. The van der Waals surface area contributed by atoms with Crippen LogP contribution in [0, 0.1) is 0 Å². The quantitative estimate of drug-likeness (QED) is 0.914. The lowest BCUT2D eigenvalue weighted by Crippen LogP contribution is -2.33. The van der Waals surface area contributed by atoms with Gasteiger partial charge in [-0.15, -0.1) is 0 Å². The predicted molar refractivity (Wildman–Crippen MR) is 79.1 cm³/mol. The van der Waals surface area contributed by atoms with E-state index in [0.717, 1.165) is 6.07 Å². The molecule has 1 amide bonds. The van der Waals surface area contributed by atoms with E-state index in [0.29, 0.717) is 0 Å². The molecule has 0 saturated carbocycles. The molecule has 1 aliphatic rings. The summed E-state index contributed by atoms with van der Waals surface area (Å²) < 4.78 is 41.2. The number of halogens is 3. The van der Waals surface area contributed by atoms with Crippen molar-refractivity contribution in [2.24, 2.45) is 7.05 Å². The minimum atomic E-state index is -4.52. The monoisotopic (exact) mass is 339 g/mol. The summed E-state index contributed by atoms with van der Waals surface area (Å²) in [5.41, 5.74) is -0.525. The van der Waals surface area contributed by atoms with Gasteiger partial charge in [-0.05, 0) is 24.1 Å². The van der Waals surface area contributed by atoms with E-state index in [-0.39, 0.29) is 24.2 Å². The number of nitrogens with zero attached hydrogens (tertiary/aromatic N) is 3. The molecule has 1 aliphatic heterocycles. The number of aromatic nitrogens is 2. The maximum Gasteiger partial charge on any atom is 0.416 e. The SMILES string of the molecule is Cn1nccc1C(=O)N1C[C@H](O)C[C@H]1c1ccccc1C(F)(F)F. The summed E-state index contributed by atoms with van der Waals surface area (Å²) >= 11 is 0. The van der Waals surface area contributed by atoms with E-state index in [1.807, 2.05) is 0 Å². The van der Waals surface area contributed by atoms with Gasteiger partial charge in [-0.25, -0.2) is 0 Å². The Bertz CT molecular complexity index is 757. The zero-order chi connectivity index (χ0) is 17.5. The summed E-state index contributed by atoms with van der Waals surface area (Å²) in [5.74, 6) is -0.450. The van der Waals surface area contributed by atoms with Crippen LogP contribution in [0.5, 0.6) is 0 Å². The third-order valence-corrected chi connectivity index (χ3v) is 4.21. The van der Waals surface area contributed by atoms with Crippen LogP contribution in [0.2, 0.25) is 0 Å². The summed E-state index contributed by atoms with van der Waals surface area (Å²) in [7, 11) is 1.58. The minimum absolute atomic E-state index is 0.00271. The number of hydrogen-bond donors (Lipinski definition) is 1. The van der Waals surface area contributed by atoms with Crippen molar-refractivity contribution in [1.29, 1.82) is 0 Å². The minimum Gasteiger partial charge on any atom is -0.391 e. The Hall–Kier alpha value is -2.35. The van der Waals surface area contributed by atoms with Crippen molar-refractivity contribution in [1.82, 2.24) is 14.7 Å². The maximum atomic E-state index is 13.3. The first-order valence-corrected chi connectivity index (χ1v) is 7.42. The Balaban J connectivity index is 2.01. The standard InChI is InChI=1S/C16H16F3N3O2/c1-21-13(6-7-20-21)15(24)22-9-10(23)8-14(22)11-4-2-3-5-12(11)16(17,18)19/h2-7,10,14,23H,8-9H2,1H3/t10-,14+/m1/s1. The molecular weight excluding hydrogens is 323 g/mol. The Labute approximate surface area is 136 Å². The third kappa shape index (κ3) is 2.89. The van der Waals surface area contributed by atoms with E-state index < -0.39 is 29.8 Å². The Morgan fingerprint density at radius 2 is 2.00 bits per heavy atom. The van der Waals surface area contributed by atoms with Crippen LogP contribution < -0.4 is 0 Å². The van der Waals surface area contributed by atoms with Crippen molar-refractivity contribution in [2.75, 3.05) is 6.54 Å². The molecule has 8 heteroatoms. The summed E-state index contributed by atoms with van der Waals surface area (Å²) in [4.78, 5) is 14.0. The number of aliphatic hydroxyl groups is 1. The van der Waals surface area contributed by atoms with Gasteiger partial charge in [0.25, 0.3) is 5.91 Å². The van der Waals surface area contributed by atoms with Crippen molar-refractivity contribution in [3.63, 3.8) is 0 Å². The molecule has 1 N–H and O–H groups in total. The second kappa shape index (κ2) is 5.94. The number of aliphatic hydroxyl groups excluding tert-OH is 1. The van der Waals surface area contributed by atoms with E-state index in [1.54, 1.807) is 7.05 Å². The van der Waals surface area contributed by atoms with Gasteiger partial charge in [0.1, 0.15) is 5.69 Å². The fourth-order valence-corrected chi connectivity index (χ4v) is 3.11. The van der Waals surface area contributed by atoms with Crippen molar-refractivity contribution >= 4 is 5.91 Å². The normalized spacial score (nSPS) is 21.3. The first-order valence-electron chi connectivity index (χ1n) is 7.42. The highest BCUT2D eigenvalue weighted by Gasteiger charge is 2.41. The average molecular weight is 339 g/mol. The van der Waals surface area contributed by atoms with E-state index in [1.165, 1.54) is 40.0 Å². The largest absolute Gasteiger partial charge is 0.416 e. The zero-order valence-corrected chi connectivity index (χ0v) is 12.9. The van der Waals surface area contributed by atoms with Crippen LogP contribution in [0.1, 0.15) is 34.1 Å². The van der Waals surface area contributed by atoms with Gasteiger partial charge in [-0.3, -0.25) is 9.48 Å². The van der Waals surface area contributed by atoms with Crippen molar-refractivity contribution in [2.45, 2.75) is 24.7 Å². The molecule has 2 heterocycles. The highest BCUT2D eigenvalue weighted by Crippen LogP contribution is 2.40. The van der Waals surface area contributed by atoms with Crippen molar-refractivity contribution < 1.29 is 23.1 Å². The fourth-order valence-electron chi connectivity index (χ4n) is 3.11. The molecule has 0 spiro atoms. The molecule has 1 fully saturated rings. The second-order valence-electron chi connectivity index (χ2n) is 5.79. The Morgan fingerprint density at radius 3 is 2.62 bits per heavy atom. The number of rotatable bonds is 2. The van der Waals surface area contributed by atoms with Crippen LogP contribution in [0.3, 0.4) is 0 Å². The molecule has 0 radical (unpaired) electrons. The van der Waals surface area contributed by atoms with Gasteiger partial charge in [0.15, 0.2) is 0 Å². The fraction of sp³-hybridized carbons (Fsp3) is 0.375. The molecule has 5 nitrogen and oxygen atoms in total. The van der Waals surface area contributed by atoms with Gasteiger partial charge in [0.05, 0.1) is 17.7 Å². The number of carbonyl (C=O) groups is 1. The topological polar surface area (TPSA) is 58.4 Å². The zero-order valence-electron chi connectivity index (χ0n) is 12.9. The summed E-state index contributed by atoms with van der Waals surface area (Å²) in [6.07, 6.45) is -3.88. The second-order valence-corrected chi connectivity index (χ2v) is 5.79. The molecule has 24 heavy (non-hydrogen) atoms. The summed E-state index contributed by atoms with van der Waals surface area (Å²) in [5, 5.41) is 13.9. The number of benzene rings is 1. The smallest absolute Gasteiger partial charge is 0.391 e. The first kappa shape index (κ1) is 16.5. The molecule has 1 aromatic carbocycles. The molecule has 2 aromatic rings. The van der Waals surface area contributed by atoms with Crippen LogP contribution >= 0.6 is 0 Å². The van der Waals surface area contributed by atoms with Gasteiger partial charge in [-0.1, -0.05) is 18.2 Å². The maximum absolute atomic E-state index is 13.3.